The molecule has 18 nitrogen and oxygen atoms in total. The van der Waals surface area contributed by atoms with E-state index in [0.717, 1.165) is 47.4 Å². The molecule has 12 atom stereocenters. The molecule has 3 aliphatic heterocycles. The van der Waals surface area contributed by atoms with E-state index in [1.807, 2.05) is 4.98 Å². The summed E-state index contributed by atoms with van der Waals surface area (Å²) in [5.74, 6) is -1.29. The van der Waals surface area contributed by atoms with Gasteiger partial charge in [0.05, 0.1) is 6.10 Å². The van der Waals surface area contributed by atoms with Crippen LogP contribution in [0.2, 0.25) is 0 Å². The second-order valence-electron chi connectivity index (χ2n) is 15.2. The van der Waals surface area contributed by atoms with Gasteiger partial charge in [-0.15, -0.1) is 0 Å². The molecule has 3 fully saturated rings. The third-order valence-corrected chi connectivity index (χ3v) is 11.1. The van der Waals surface area contributed by atoms with Gasteiger partial charge in [0.2, 0.25) is 11.8 Å². The zero-order chi connectivity index (χ0) is 40.2. The molecule has 0 aromatic carbocycles. The minimum Gasteiger partial charge on any atom is -0.389 e. The minimum atomic E-state index is -1.80. The van der Waals surface area contributed by atoms with Gasteiger partial charge in [0.1, 0.15) is 54.8 Å². The quantitative estimate of drug-likeness (QED) is 0.0672. The summed E-state index contributed by atoms with van der Waals surface area (Å²) in [4.78, 5) is 56.6. The fourth-order valence-electron chi connectivity index (χ4n) is 7.82. The van der Waals surface area contributed by atoms with Crippen LogP contribution in [0, 0.1) is 0 Å². The van der Waals surface area contributed by atoms with E-state index in [4.69, 9.17) is 19.9 Å². The van der Waals surface area contributed by atoms with Crippen molar-refractivity contribution in [2.24, 2.45) is 5.73 Å². The highest BCUT2D eigenvalue weighted by molar-refractivity contribution is 5.91. The molecule has 0 bridgehead atoms. The van der Waals surface area contributed by atoms with Crippen LogP contribution in [-0.2, 0) is 23.8 Å². The fourth-order valence-corrected chi connectivity index (χ4v) is 7.82. The molecule has 2 amide bonds. The topological polar surface area (TPSA) is 262 Å². The molecule has 18 heteroatoms. The lowest BCUT2D eigenvalue weighted by atomic mass is 9.97. The highest BCUT2D eigenvalue weighted by atomic mass is 16.7. The van der Waals surface area contributed by atoms with Gasteiger partial charge in [0, 0.05) is 38.9 Å². The third-order valence-electron chi connectivity index (χ3n) is 11.1. The van der Waals surface area contributed by atoms with Crippen molar-refractivity contribution in [3.63, 3.8) is 0 Å². The van der Waals surface area contributed by atoms with Gasteiger partial charge in [0.15, 0.2) is 12.5 Å². The zero-order valence-electron chi connectivity index (χ0n) is 32.4. The Kier molecular flexibility index (Phi) is 17.7. The van der Waals surface area contributed by atoms with Gasteiger partial charge in [-0.05, 0) is 13.5 Å². The summed E-state index contributed by atoms with van der Waals surface area (Å²) in [6.07, 6.45) is 1.05. The van der Waals surface area contributed by atoms with Crippen LogP contribution < -0.4 is 22.3 Å². The van der Waals surface area contributed by atoms with Crippen molar-refractivity contribution in [2.75, 3.05) is 33.7 Å². The number of aromatic nitrogens is 2. The van der Waals surface area contributed by atoms with Crippen LogP contribution in [0.5, 0.6) is 0 Å². The van der Waals surface area contributed by atoms with Crippen LogP contribution in [0.3, 0.4) is 0 Å². The Labute approximate surface area is 321 Å². The van der Waals surface area contributed by atoms with Gasteiger partial charge in [-0.1, -0.05) is 84.0 Å². The van der Waals surface area contributed by atoms with E-state index >= 15 is 0 Å². The first kappa shape index (κ1) is 44.9. The van der Waals surface area contributed by atoms with Crippen LogP contribution in [0.1, 0.15) is 96.6 Å². The van der Waals surface area contributed by atoms with Gasteiger partial charge in [0.25, 0.3) is 5.56 Å². The Bertz CT molecular complexity index is 1460. The first-order valence-corrected chi connectivity index (χ1v) is 19.9. The number of ether oxygens (including phenoxy) is 3. The van der Waals surface area contributed by atoms with E-state index in [0.29, 0.717) is 6.54 Å². The molecule has 4 heterocycles. The van der Waals surface area contributed by atoms with Gasteiger partial charge in [-0.3, -0.25) is 28.8 Å². The van der Waals surface area contributed by atoms with E-state index in [1.165, 1.54) is 76.8 Å². The van der Waals surface area contributed by atoms with Crippen LogP contribution >= 0.6 is 0 Å². The first-order chi connectivity index (χ1) is 26.3. The second-order valence-corrected chi connectivity index (χ2v) is 15.2. The van der Waals surface area contributed by atoms with E-state index in [9.17, 15) is 44.7 Å². The predicted octanol–water partition coefficient (Wildman–Crippen LogP) is -1.34. The predicted molar refractivity (Wildman–Crippen MR) is 200 cm³/mol. The average Bonchev–Trinajstić information content (AvgIpc) is 3.56. The monoisotopic (exact) mass is 784 g/mol. The Morgan fingerprint density at radius 1 is 0.891 bits per heavy atom. The standard InChI is InChI=1S/C37H64N6O12/c1-4-5-6-7-8-9-10-11-12-13-14-15-16-18-39-33(50)25-22(44)21-41(2)26(34(51)42(25)3)31(55-36-30(49)27(46)23(20-38)53-36)32-28(47)29(48)35(54-32)43-19-17-24(45)40-37(43)52/h17,19,22-23,25-32,35-36,44,46-49H,4-16,18,20-21,38H2,1-3H3,(H,39,50)(H,40,45,52)/t22-,23+,25?,26?,27+,28-,29+,30+,31+,32?,35?,36?/m0/s1. The van der Waals surface area contributed by atoms with Crippen LogP contribution in [-0.4, -0.2) is 158 Å². The Morgan fingerprint density at radius 3 is 2.05 bits per heavy atom. The first-order valence-electron chi connectivity index (χ1n) is 19.9. The maximum absolute atomic E-state index is 14.3. The number of aromatic amines is 1. The van der Waals surface area contributed by atoms with Gasteiger partial charge in [-0.25, -0.2) is 4.79 Å². The SMILES string of the molecule is CCCCCCCCCCCCCCCNC(=O)C1[C@@H](O)CN(C)C([C@@H](OC2O[C@H](CN)[C@@H](O)[C@H]2O)C2OC(n3ccc(=O)[nH]c3=O)[C@H](O)[C@@H]2O)C(=O)N1C. The van der Waals surface area contributed by atoms with Crippen molar-refractivity contribution in [3.05, 3.63) is 33.1 Å². The number of carbonyl (C=O) groups is 2. The summed E-state index contributed by atoms with van der Waals surface area (Å²) < 4.78 is 18.6. The molecule has 55 heavy (non-hydrogen) atoms. The number of H-pyrrole nitrogens is 1. The van der Waals surface area contributed by atoms with E-state index in [1.54, 1.807) is 0 Å². The highest BCUT2D eigenvalue weighted by Crippen LogP contribution is 2.36. The Balaban J connectivity index is 1.41. The summed E-state index contributed by atoms with van der Waals surface area (Å²) >= 11 is 0. The van der Waals surface area contributed by atoms with Crippen molar-refractivity contribution in [3.8, 4) is 0 Å². The summed E-state index contributed by atoms with van der Waals surface area (Å²) in [5, 5.41) is 57.8. The van der Waals surface area contributed by atoms with Gasteiger partial charge >= 0.3 is 5.69 Å². The molecule has 9 N–H and O–H groups in total. The lowest BCUT2D eigenvalue weighted by Gasteiger charge is -2.38. The maximum atomic E-state index is 14.3. The molecule has 3 saturated heterocycles. The molecular formula is C37H64N6O12. The number of aliphatic hydroxyl groups is 5. The molecule has 1 aromatic rings. The molecule has 0 spiro atoms. The van der Waals surface area contributed by atoms with Crippen molar-refractivity contribution < 1.29 is 49.3 Å². The number of aliphatic hydroxyl groups excluding tert-OH is 5. The molecule has 4 rings (SSSR count). The van der Waals surface area contributed by atoms with Crippen molar-refractivity contribution in [2.45, 2.75) is 164 Å². The smallest absolute Gasteiger partial charge is 0.330 e. The van der Waals surface area contributed by atoms with E-state index in [2.05, 4.69) is 12.2 Å². The number of nitrogens with one attached hydrogen (secondary N) is 2. The van der Waals surface area contributed by atoms with Crippen molar-refractivity contribution in [1.82, 2.24) is 24.7 Å². The average molecular weight is 785 g/mol. The summed E-state index contributed by atoms with van der Waals surface area (Å²) in [6.45, 7) is 2.17. The summed E-state index contributed by atoms with van der Waals surface area (Å²) in [7, 11) is 2.83. The molecule has 1 aromatic heterocycles. The third kappa shape index (κ3) is 11.4. The van der Waals surface area contributed by atoms with Crippen molar-refractivity contribution in [1.29, 1.82) is 0 Å². The zero-order valence-corrected chi connectivity index (χ0v) is 32.4. The van der Waals surface area contributed by atoms with Gasteiger partial charge in [-0.2, -0.15) is 0 Å². The summed E-state index contributed by atoms with van der Waals surface area (Å²) in [5.41, 5.74) is 4.04. The number of nitrogens with two attached hydrogens (primary N) is 1. The molecule has 0 radical (unpaired) electrons. The molecule has 0 saturated carbocycles. The highest BCUT2D eigenvalue weighted by Gasteiger charge is 2.56. The largest absolute Gasteiger partial charge is 0.389 e. The number of hydrogen-bond donors (Lipinski definition) is 8. The molecule has 314 valence electrons. The summed E-state index contributed by atoms with van der Waals surface area (Å²) in [6, 6.07) is -1.71. The normalized spacial score (nSPS) is 32.2. The van der Waals surface area contributed by atoms with Crippen LogP contribution in [0.4, 0.5) is 0 Å². The molecule has 5 unspecified atom stereocenters. The maximum Gasteiger partial charge on any atom is 0.330 e. The lowest BCUT2D eigenvalue weighted by Crippen LogP contribution is -2.60. The van der Waals surface area contributed by atoms with Crippen LogP contribution in [0.15, 0.2) is 21.9 Å². The number of nitrogens with zero attached hydrogens (tertiary/aromatic N) is 3. The van der Waals surface area contributed by atoms with Crippen molar-refractivity contribution >= 4 is 11.8 Å². The fraction of sp³-hybridized carbons (Fsp3) is 0.838. The second kappa shape index (κ2) is 21.7. The molecule has 0 aliphatic carbocycles. The van der Waals surface area contributed by atoms with E-state index < -0.39 is 96.5 Å². The Morgan fingerprint density at radius 2 is 1.49 bits per heavy atom. The number of unbranched alkanes of at least 4 members (excludes halogenated alkanes) is 12. The minimum absolute atomic E-state index is 0.186. The van der Waals surface area contributed by atoms with Gasteiger partial charge < -0.3 is 55.7 Å². The number of amides is 2. The number of carbonyl (C=O) groups excluding carboxylic acids is 2. The lowest BCUT2D eigenvalue weighted by molar-refractivity contribution is -0.233. The molecular weight excluding hydrogens is 720 g/mol. The van der Waals surface area contributed by atoms with E-state index in [-0.39, 0.29) is 13.1 Å². The number of rotatable bonds is 21. The molecule has 3 aliphatic rings. The number of likely N-dealkylation sites (N-methyl/N-ethyl adjacent to an activating group) is 2. The van der Waals surface area contributed by atoms with Crippen LogP contribution in [0.25, 0.3) is 0 Å². The Hall–Kier alpha value is -2.78. The number of hydrogen-bond acceptors (Lipinski definition) is 14. The number of β-amino-alcohol motifs (C(OH)–C–C–N with tert-alkyl or cyclic N) is 1.